The van der Waals surface area contributed by atoms with Crippen LogP contribution in [0.15, 0.2) is 12.1 Å². The molecule has 2 N–H and O–H groups in total. The van der Waals surface area contributed by atoms with Gasteiger partial charge in [-0.15, -0.1) is 0 Å². The third-order valence-corrected chi connectivity index (χ3v) is 6.78. The fourth-order valence-electron chi connectivity index (χ4n) is 4.92. The van der Waals surface area contributed by atoms with E-state index in [-0.39, 0.29) is 0 Å². The quantitative estimate of drug-likeness (QED) is 0.735. The number of phenols is 1. The number of aryl methyl sites for hydroxylation is 1. The summed E-state index contributed by atoms with van der Waals surface area (Å²) in [5.74, 6) is 6.72. The topological polar surface area (TPSA) is 46.9 Å². The van der Waals surface area contributed by atoms with Crippen molar-refractivity contribution in [3.63, 3.8) is 0 Å². The van der Waals surface area contributed by atoms with Gasteiger partial charge in [0, 0.05) is 23.7 Å². The first-order valence-electron chi connectivity index (χ1n) is 11.5. The molecule has 0 spiro atoms. The molecule has 1 aliphatic heterocycles. The van der Waals surface area contributed by atoms with Gasteiger partial charge in [0.25, 0.3) is 0 Å². The number of aliphatic hydroxyl groups is 1. The van der Waals surface area contributed by atoms with E-state index in [0.29, 0.717) is 11.8 Å². The van der Waals surface area contributed by atoms with Crippen molar-refractivity contribution in [2.24, 2.45) is 0 Å². The Morgan fingerprint density at radius 2 is 1.76 bits per heavy atom. The second-order valence-corrected chi connectivity index (χ2v) is 8.87. The normalized spacial score (nSPS) is 20.4. The molecule has 1 aromatic carbocycles. The molecule has 29 heavy (non-hydrogen) atoms. The average molecular weight is 399 g/mol. The first-order chi connectivity index (χ1) is 13.9. The number of hydrogen-bond acceptors (Lipinski definition) is 4. The zero-order valence-electron chi connectivity index (χ0n) is 18.5. The van der Waals surface area contributed by atoms with Gasteiger partial charge in [-0.2, -0.15) is 0 Å². The molecule has 2 fully saturated rings. The standard InChI is InChI=1S/C25H38N2O2/c1-4-27(5-2)23-10-15-26(16-11-23)19-22-18-21(17-20(3)24(22)28)9-14-25(29)12-7-6-8-13-25/h17-18,23,28-29H,4-8,10-13,15-16,19H2,1-3H3. The Bertz CT molecular complexity index is 731. The van der Waals surface area contributed by atoms with Crippen molar-refractivity contribution >= 4 is 0 Å². The number of benzene rings is 1. The van der Waals surface area contributed by atoms with Crippen LogP contribution in [-0.2, 0) is 6.54 Å². The minimum absolute atomic E-state index is 0.387. The molecule has 0 amide bonds. The highest BCUT2D eigenvalue weighted by Gasteiger charge is 2.27. The SMILES string of the molecule is CCN(CC)C1CCN(Cc2cc(C#CC3(O)CCCCC3)cc(C)c2O)CC1. The van der Waals surface area contributed by atoms with Crippen molar-refractivity contribution in [2.45, 2.75) is 83.9 Å². The van der Waals surface area contributed by atoms with Crippen molar-refractivity contribution < 1.29 is 10.2 Å². The highest BCUT2D eigenvalue weighted by Crippen LogP contribution is 2.29. The summed E-state index contributed by atoms with van der Waals surface area (Å²) in [6.45, 7) is 11.6. The number of phenolic OH excluding ortho intramolecular Hbond substituents is 1. The summed E-state index contributed by atoms with van der Waals surface area (Å²) in [5, 5.41) is 21.3. The van der Waals surface area contributed by atoms with E-state index in [0.717, 1.165) is 75.1 Å². The first kappa shape index (κ1) is 22.2. The lowest BCUT2D eigenvalue weighted by molar-refractivity contribution is 0.0610. The summed E-state index contributed by atoms with van der Waals surface area (Å²) in [5.41, 5.74) is 1.87. The lowest BCUT2D eigenvalue weighted by Crippen LogP contribution is -2.44. The van der Waals surface area contributed by atoms with Gasteiger partial charge in [-0.3, -0.25) is 4.90 Å². The number of piperidine rings is 1. The van der Waals surface area contributed by atoms with Crippen LogP contribution in [-0.4, -0.2) is 57.8 Å². The molecule has 1 aromatic rings. The van der Waals surface area contributed by atoms with E-state index in [1.165, 1.54) is 19.3 Å². The van der Waals surface area contributed by atoms with Crippen LogP contribution in [0.2, 0.25) is 0 Å². The maximum absolute atomic E-state index is 10.7. The Hall–Kier alpha value is -1.54. The third kappa shape index (κ3) is 5.75. The molecular formula is C25H38N2O2. The van der Waals surface area contributed by atoms with Gasteiger partial charge in [0.2, 0.25) is 0 Å². The molecule has 2 aliphatic rings. The molecule has 1 aliphatic carbocycles. The Morgan fingerprint density at radius 1 is 1.10 bits per heavy atom. The van der Waals surface area contributed by atoms with E-state index in [1.54, 1.807) is 0 Å². The average Bonchev–Trinajstić information content (AvgIpc) is 2.73. The molecule has 1 heterocycles. The molecule has 4 heteroatoms. The van der Waals surface area contributed by atoms with Crippen LogP contribution in [0.3, 0.4) is 0 Å². The van der Waals surface area contributed by atoms with Crippen LogP contribution < -0.4 is 0 Å². The Balaban J connectivity index is 1.67. The minimum Gasteiger partial charge on any atom is -0.507 e. The van der Waals surface area contributed by atoms with Crippen molar-refractivity contribution in [3.8, 4) is 17.6 Å². The summed E-state index contributed by atoms with van der Waals surface area (Å²) < 4.78 is 0. The van der Waals surface area contributed by atoms with E-state index in [1.807, 2.05) is 19.1 Å². The lowest BCUT2D eigenvalue weighted by atomic mass is 9.85. The Labute approximate surface area is 176 Å². The van der Waals surface area contributed by atoms with Crippen LogP contribution in [0.5, 0.6) is 5.75 Å². The van der Waals surface area contributed by atoms with E-state index >= 15 is 0 Å². The summed E-state index contributed by atoms with van der Waals surface area (Å²) in [6, 6.07) is 4.63. The number of hydrogen-bond donors (Lipinski definition) is 2. The monoisotopic (exact) mass is 398 g/mol. The van der Waals surface area contributed by atoms with Gasteiger partial charge < -0.3 is 15.1 Å². The summed E-state index contributed by atoms with van der Waals surface area (Å²) in [4.78, 5) is 5.01. The number of aromatic hydroxyl groups is 1. The molecule has 0 unspecified atom stereocenters. The molecule has 4 nitrogen and oxygen atoms in total. The number of rotatable bonds is 5. The van der Waals surface area contributed by atoms with Crippen molar-refractivity contribution in [1.29, 1.82) is 0 Å². The van der Waals surface area contributed by atoms with Crippen LogP contribution >= 0.6 is 0 Å². The van der Waals surface area contributed by atoms with Gasteiger partial charge in [-0.25, -0.2) is 0 Å². The Morgan fingerprint density at radius 3 is 2.38 bits per heavy atom. The van der Waals surface area contributed by atoms with Gasteiger partial charge >= 0.3 is 0 Å². The molecular weight excluding hydrogens is 360 g/mol. The fraction of sp³-hybridized carbons (Fsp3) is 0.680. The van der Waals surface area contributed by atoms with Gasteiger partial charge in [0.05, 0.1) is 0 Å². The van der Waals surface area contributed by atoms with E-state index in [9.17, 15) is 10.2 Å². The Kier molecular flexibility index (Phi) is 7.62. The molecule has 0 aromatic heterocycles. The maximum atomic E-state index is 10.7. The molecule has 3 rings (SSSR count). The van der Waals surface area contributed by atoms with Crippen LogP contribution in [0.1, 0.15) is 75.5 Å². The van der Waals surface area contributed by atoms with E-state index < -0.39 is 5.60 Å². The fourth-order valence-corrected chi connectivity index (χ4v) is 4.92. The molecule has 160 valence electrons. The predicted molar refractivity (Wildman–Crippen MR) is 119 cm³/mol. The van der Waals surface area contributed by atoms with Gasteiger partial charge in [-0.1, -0.05) is 32.1 Å². The maximum Gasteiger partial charge on any atom is 0.125 e. The smallest absolute Gasteiger partial charge is 0.125 e. The first-order valence-corrected chi connectivity index (χ1v) is 11.5. The number of nitrogens with zero attached hydrogens (tertiary/aromatic N) is 2. The number of likely N-dealkylation sites (tertiary alicyclic amines) is 1. The van der Waals surface area contributed by atoms with Gasteiger partial charge in [0.1, 0.15) is 11.4 Å². The summed E-state index contributed by atoms with van der Waals surface area (Å²) in [7, 11) is 0. The molecule has 0 bridgehead atoms. The molecule has 0 radical (unpaired) electrons. The summed E-state index contributed by atoms with van der Waals surface area (Å²) in [6.07, 6.45) is 7.21. The zero-order valence-corrected chi connectivity index (χ0v) is 18.5. The lowest BCUT2D eigenvalue weighted by Gasteiger charge is -2.37. The third-order valence-electron chi connectivity index (χ3n) is 6.78. The molecule has 0 atom stereocenters. The van der Waals surface area contributed by atoms with Crippen LogP contribution in [0.25, 0.3) is 0 Å². The van der Waals surface area contributed by atoms with Crippen LogP contribution in [0, 0.1) is 18.8 Å². The molecule has 1 saturated carbocycles. The van der Waals surface area contributed by atoms with Crippen LogP contribution in [0.4, 0.5) is 0 Å². The highest BCUT2D eigenvalue weighted by atomic mass is 16.3. The van der Waals surface area contributed by atoms with Gasteiger partial charge in [-0.05, 0) is 89.3 Å². The van der Waals surface area contributed by atoms with E-state index in [2.05, 4.69) is 35.5 Å². The van der Waals surface area contributed by atoms with E-state index in [4.69, 9.17) is 0 Å². The van der Waals surface area contributed by atoms with Crippen molar-refractivity contribution in [1.82, 2.24) is 9.80 Å². The largest absolute Gasteiger partial charge is 0.507 e. The molecule has 1 saturated heterocycles. The second-order valence-electron chi connectivity index (χ2n) is 8.87. The summed E-state index contributed by atoms with van der Waals surface area (Å²) >= 11 is 0. The minimum atomic E-state index is -0.837. The van der Waals surface area contributed by atoms with Gasteiger partial charge in [0.15, 0.2) is 0 Å². The highest BCUT2D eigenvalue weighted by molar-refractivity contribution is 5.49. The van der Waals surface area contributed by atoms with Crippen molar-refractivity contribution in [2.75, 3.05) is 26.2 Å². The van der Waals surface area contributed by atoms with Crippen molar-refractivity contribution in [3.05, 3.63) is 28.8 Å². The zero-order chi connectivity index (χ0) is 20.9. The second kappa shape index (κ2) is 9.98. The predicted octanol–water partition coefficient (Wildman–Crippen LogP) is 4.05.